The summed E-state index contributed by atoms with van der Waals surface area (Å²) in [6.45, 7) is 5.77. The van der Waals surface area contributed by atoms with Gasteiger partial charge in [-0.25, -0.2) is 8.42 Å². The monoisotopic (exact) mass is 709 g/mol. The van der Waals surface area contributed by atoms with Gasteiger partial charge in [0.15, 0.2) is 0 Å². The lowest BCUT2D eigenvalue weighted by molar-refractivity contribution is -0.140. The van der Waals surface area contributed by atoms with Crippen LogP contribution in [-0.4, -0.2) is 50.9 Å². The van der Waals surface area contributed by atoms with E-state index in [1.54, 1.807) is 61.5 Å². The summed E-state index contributed by atoms with van der Waals surface area (Å²) in [5.74, 6) is -0.629. The van der Waals surface area contributed by atoms with E-state index in [0.717, 1.165) is 28.3 Å². The number of hydrogen-bond donors (Lipinski definition) is 1. The SMILES string of the molecule is CCCCNC(=O)[C@@H](Cc1ccccc1)N(Cc1ccc(Cl)c(Cl)c1)C(=O)CN(c1ccccc1OCC)S(=O)(=O)c1ccc(C)cc1. The van der Waals surface area contributed by atoms with Gasteiger partial charge in [0.25, 0.3) is 10.0 Å². The zero-order chi connectivity index (χ0) is 34.7. The highest BCUT2D eigenvalue weighted by molar-refractivity contribution is 7.92. The second kappa shape index (κ2) is 17.4. The molecule has 0 saturated carbocycles. The van der Waals surface area contributed by atoms with E-state index in [4.69, 9.17) is 27.9 Å². The van der Waals surface area contributed by atoms with Crippen molar-refractivity contribution in [2.75, 3.05) is 24.0 Å². The molecule has 1 N–H and O–H groups in total. The average Bonchev–Trinajstić information content (AvgIpc) is 3.08. The van der Waals surface area contributed by atoms with Crippen molar-refractivity contribution >= 4 is 50.7 Å². The number of sulfonamides is 1. The number of aryl methyl sites for hydroxylation is 1. The number of carbonyl (C=O) groups excluding carboxylic acids is 2. The third-order valence-corrected chi connectivity index (χ3v) is 10.3. The number of rotatable bonds is 16. The van der Waals surface area contributed by atoms with E-state index in [9.17, 15) is 18.0 Å². The van der Waals surface area contributed by atoms with Crippen LogP contribution in [0.5, 0.6) is 5.75 Å². The molecule has 0 radical (unpaired) electrons. The van der Waals surface area contributed by atoms with E-state index < -0.39 is 28.5 Å². The van der Waals surface area contributed by atoms with E-state index in [-0.39, 0.29) is 36.1 Å². The minimum Gasteiger partial charge on any atom is -0.492 e. The smallest absolute Gasteiger partial charge is 0.264 e. The first-order valence-electron chi connectivity index (χ1n) is 15.9. The molecule has 0 fully saturated rings. The van der Waals surface area contributed by atoms with Gasteiger partial charge in [0.2, 0.25) is 11.8 Å². The maximum absolute atomic E-state index is 14.7. The molecule has 8 nitrogen and oxygen atoms in total. The lowest BCUT2D eigenvalue weighted by Crippen LogP contribution is -2.53. The molecule has 0 spiro atoms. The molecule has 0 unspecified atom stereocenters. The molecule has 254 valence electrons. The number of halogens is 2. The number of anilines is 1. The van der Waals surface area contributed by atoms with Crippen LogP contribution >= 0.6 is 23.2 Å². The Bertz CT molecular complexity index is 1790. The minimum atomic E-state index is -4.28. The van der Waals surface area contributed by atoms with Crippen molar-refractivity contribution in [2.45, 2.75) is 57.5 Å². The summed E-state index contributed by atoms with van der Waals surface area (Å²) in [6, 6.07) is 26.5. The Labute approximate surface area is 293 Å². The van der Waals surface area contributed by atoms with Crippen LogP contribution in [-0.2, 0) is 32.6 Å². The third kappa shape index (κ3) is 9.52. The molecule has 2 amide bonds. The number of hydrogen-bond acceptors (Lipinski definition) is 5. The largest absolute Gasteiger partial charge is 0.492 e. The van der Waals surface area contributed by atoms with Crippen molar-refractivity contribution in [1.29, 1.82) is 0 Å². The predicted molar refractivity (Wildman–Crippen MR) is 192 cm³/mol. The highest BCUT2D eigenvalue weighted by Crippen LogP contribution is 2.33. The van der Waals surface area contributed by atoms with Gasteiger partial charge in [0, 0.05) is 19.5 Å². The van der Waals surface area contributed by atoms with Gasteiger partial charge < -0.3 is 15.0 Å². The lowest BCUT2D eigenvalue weighted by Gasteiger charge is -2.34. The normalized spacial score (nSPS) is 11.9. The van der Waals surface area contributed by atoms with E-state index >= 15 is 0 Å². The molecule has 4 aromatic rings. The summed E-state index contributed by atoms with van der Waals surface area (Å²) in [6.07, 6.45) is 1.84. The van der Waals surface area contributed by atoms with Crippen LogP contribution in [0, 0.1) is 6.92 Å². The summed E-state index contributed by atoms with van der Waals surface area (Å²) >= 11 is 12.6. The zero-order valence-electron chi connectivity index (χ0n) is 27.4. The van der Waals surface area contributed by atoms with Crippen LogP contribution in [0.15, 0.2) is 102 Å². The number of nitrogens with one attached hydrogen (secondary N) is 1. The van der Waals surface area contributed by atoms with Crippen molar-refractivity contribution in [1.82, 2.24) is 10.2 Å². The molecule has 0 heterocycles. The molecule has 0 aliphatic carbocycles. The number of nitrogens with zero attached hydrogens (tertiary/aromatic N) is 2. The standard InChI is InChI=1S/C37H41Cl2N3O5S/c1-4-6-22-40-37(44)34(24-28-12-8-7-9-13-28)41(25-29-18-21-31(38)32(39)23-29)36(43)26-42(33-14-10-11-15-35(33)47-5-2)48(45,46)30-19-16-27(3)17-20-30/h7-21,23,34H,4-6,22,24-26H2,1-3H3,(H,40,44)/t34-/m1/s1. The Kier molecular flexibility index (Phi) is 13.3. The topological polar surface area (TPSA) is 96.0 Å². The molecule has 0 aromatic heterocycles. The van der Waals surface area contributed by atoms with Gasteiger partial charge >= 0.3 is 0 Å². The van der Waals surface area contributed by atoms with Gasteiger partial charge in [0.1, 0.15) is 18.3 Å². The number of amides is 2. The zero-order valence-corrected chi connectivity index (χ0v) is 29.7. The van der Waals surface area contributed by atoms with E-state index in [0.29, 0.717) is 27.9 Å². The predicted octanol–water partition coefficient (Wildman–Crippen LogP) is 7.45. The number of carbonyl (C=O) groups is 2. The van der Waals surface area contributed by atoms with Crippen LogP contribution < -0.4 is 14.4 Å². The van der Waals surface area contributed by atoms with Gasteiger partial charge in [-0.1, -0.05) is 103 Å². The van der Waals surface area contributed by atoms with Gasteiger partial charge in [-0.3, -0.25) is 13.9 Å². The fourth-order valence-corrected chi connectivity index (χ4v) is 6.93. The quantitative estimate of drug-likeness (QED) is 0.122. The van der Waals surface area contributed by atoms with E-state index in [2.05, 4.69) is 5.32 Å². The van der Waals surface area contributed by atoms with Crippen molar-refractivity contribution < 1.29 is 22.7 Å². The minimum absolute atomic E-state index is 0.0152. The molecule has 0 saturated heterocycles. The number of unbranched alkanes of at least 4 members (excludes halogenated alkanes) is 1. The molecule has 0 bridgehead atoms. The number of para-hydroxylation sites is 2. The lowest BCUT2D eigenvalue weighted by atomic mass is 10.0. The number of ether oxygens (including phenoxy) is 1. The van der Waals surface area contributed by atoms with Gasteiger partial charge in [-0.15, -0.1) is 0 Å². The molecule has 1 atom stereocenters. The molecule has 11 heteroatoms. The first kappa shape index (κ1) is 36.8. The van der Waals surface area contributed by atoms with Gasteiger partial charge in [0.05, 0.1) is 27.2 Å². The Morgan fingerprint density at radius 2 is 1.54 bits per heavy atom. The maximum Gasteiger partial charge on any atom is 0.264 e. The van der Waals surface area contributed by atoms with E-state index in [1.165, 1.54) is 17.0 Å². The van der Waals surface area contributed by atoms with Crippen molar-refractivity contribution in [3.05, 3.63) is 124 Å². The highest BCUT2D eigenvalue weighted by Gasteiger charge is 2.35. The summed E-state index contributed by atoms with van der Waals surface area (Å²) in [5.41, 5.74) is 2.55. The average molecular weight is 711 g/mol. The third-order valence-electron chi connectivity index (χ3n) is 7.76. The van der Waals surface area contributed by atoms with Crippen LogP contribution in [0.2, 0.25) is 10.0 Å². The van der Waals surface area contributed by atoms with Crippen molar-refractivity contribution in [2.24, 2.45) is 0 Å². The fourth-order valence-electron chi connectivity index (χ4n) is 5.19. The summed E-state index contributed by atoms with van der Waals surface area (Å²) < 4.78 is 35.6. The molecule has 4 rings (SSSR count). The van der Waals surface area contributed by atoms with Crippen LogP contribution in [0.3, 0.4) is 0 Å². The maximum atomic E-state index is 14.7. The summed E-state index contributed by atoms with van der Waals surface area (Å²) in [5, 5.41) is 3.63. The summed E-state index contributed by atoms with van der Waals surface area (Å²) in [7, 11) is -4.28. The number of benzene rings is 4. The van der Waals surface area contributed by atoms with E-state index in [1.807, 2.05) is 44.2 Å². The first-order chi connectivity index (χ1) is 23.0. The molecule has 48 heavy (non-hydrogen) atoms. The Morgan fingerprint density at radius 1 is 0.854 bits per heavy atom. The van der Waals surface area contributed by atoms with Crippen molar-refractivity contribution in [3.8, 4) is 5.75 Å². The van der Waals surface area contributed by atoms with Crippen LogP contribution in [0.25, 0.3) is 0 Å². The second-order valence-electron chi connectivity index (χ2n) is 11.3. The van der Waals surface area contributed by atoms with Crippen LogP contribution in [0.4, 0.5) is 5.69 Å². The van der Waals surface area contributed by atoms with Gasteiger partial charge in [-0.05, 0) is 67.8 Å². The molecule has 0 aliphatic rings. The highest BCUT2D eigenvalue weighted by atomic mass is 35.5. The van der Waals surface area contributed by atoms with Crippen LogP contribution in [0.1, 0.15) is 43.4 Å². The Balaban J connectivity index is 1.84. The molecular weight excluding hydrogens is 669 g/mol. The first-order valence-corrected chi connectivity index (χ1v) is 18.1. The summed E-state index contributed by atoms with van der Waals surface area (Å²) in [4.78, 5) is 30.1. The second-order valence-corrected chi connectivity index (χ2v) is 14.0. The molecule has 4 aromatic carbocycles. The molecular formula is C37H41Cl2N3O5S. The van der Waals surface area contributed by atoms with Gasteiger partial charge in [-0.2, -0.15) is 0 Å². The Morgan fingerprint density at radius 3 is 2.21 bits per heavy atom. The Hall–Kier alpha value is -4.05. The van der Waals surface area contributed by atoms with Crippen molar-refractivity contribution in [3.63, 3.8) is 0 Å². The fraction of sp³-hybridized carbons (Fsp3) is 0.297. The molecule has 0 aliphatic heterocycles.